The zero-order chi connectivity index (χ0) is 8.39. The van der Waals surface area contributed by atoms with Gasteiger partial charge in [-0.05, 0) is 17.7 Å². The SMILES string of the molecule is O=C1C=Cc2ccccc2NN1. The van der Waals surface area contributed by atoms with Gasteiger partial charge in [0.25, 0.3) is 5.91 Å². The molecule has 1 heterocycles. The van der Waals surface area contributed by atoms with Gasteiger partial charge < -0.3 is 0 Å². The first-order chi connectivity index (χ1) is 5.86. The van der Waals surface area contributed by atoms with Crippen molar-refractivity contribution in [2.75, 3.05) is 5.43 Å². The van der Waals surface area contributed by atoms with Gasteiger partial charge in [0.05, 0.1) is 5.69 Å². The lowest BCUT2D eigenvalue weighted by Gasteiger charge is -2.05. The number of benzene rings is 1. The number of para-hydroxylation sites is 1. The molecule has 12 heavy (non-hydrogen) atoms. The van der Waals surface area contributed by atoms with Gasteiger partial charge in [0.1, 0.15) is 0 Å². The quantitative estimate of drug-likeness (QED) is 0.597. The molecule has 0 radical (unpaired) electrons. The maximum atomic E-state index is 10.9. The molecule has 0 spiro atoms. The number of hydrogen-bond donors (Lipinski definition) is 2. The molecule has 1 amide bonds. The van der Waals surface area contributed by atoms with Gasteiger partial charge in [-0.2, -0.15) is 0 Å². The van der Waals surface area contributed by atoms with Crippen LogP contribution in [0.15, 0.2) is 30.3 Å². The Hall–Kier alpha value is -1.77. The number of fused-ring (bicyclic) bond motifs is 1. The summed E-state index contributed by atoms with van der Waals surface area (Å²) in [6.07, 6.45) is 3.28. The summed E-state index contributed by atoms with van der Waals surface area (Å²) in [5.74, 6) is -0.133. The lowest BCUT2D eigenvalue weighted by atomic mass is 10.2. The Bertz CT molecular complexity index is 344. The number of carbonyl (C=O) groups excluding carboxylic acids is 1. The van der Waals surface area contributed by atoms with E-state index >= 15 is 0 Å². The van der Waals surface area contributed by atoms with E-state index in [2.05, 4.69) is 10.9 Å². The third-order valence-electron chi connectivity index (χ3n) is 1.70. The number of amides is 1. The van der Waals surface area contributed by atoms with Gasteiger partial charge in [-0.15, -0.1) is 0 Å². The van der Waals surface area contributed by atoms with Crippen molar-refractivity contribution in [3.63, 3.8) is 0 Å². The maximum Gasteiger partial charge on any atom is 0.262 e. The Morgan fingerprint density at radius 2 is 1.83 bits per heavy atom. The molecule has 0 unspecified atom stereocenters. The molecular weight excluding hydrogens is 152 g/mol. The van der Waals surface area contributed by atoms with E-state index in [4.69, 9.17) is 0 Å². The van der Waals surface area contributed by atoms with Crippen molar-refractivity contribution in [2.45, 2.75) is 0 Å². The van der Waals surface area contributed by atoms with Crippen LogP contribution in [-0.4, -0.2) is 5.91 Å². The molecule has 3 heteroatoms. The van der Waals surface area contributed by atoms with Gasteiger partial charge in [-0.1, -0.05) is 18.2 Å². The Kier molecular flexibility index (Phi) is 1.55. The number of rotatable bonds is 0. The van der Waals surface area contributed by atoms with E-state index in [0.29, 0.717) is 0 Å². The van der Waals surface area contributed by atoms with Crippen molar-refractivity contribution < 1.29 is 4.79 Å². The largest absolute Gasteiger partial charge is 0.298 e. The predicted molar refractivity (Wildman–Crippen MR) is 47.2 cm³/mol. The van der Waals surface area contributed by atoms with E-state index in [9.17, 15) is 4.79 Å². The fraction of sp³-hybridized carbons (Fsp3) is 0. The second-order valence-corrected chi connectivity index (χ2v) is 2.53. The molecule has 1 aromatic rings. The van der Waals surface area contributed by atoms with Crippen molar-refractivity contribution in [2.24, 2.45) is 0 Å². The van der Waals surface area contributed by atoms with E-state index < -0.39 is 0 Å². The summed E-state index contributed by atoms with van der Waals surface area (Å²) < 4.78 is 0. The van der Waals surface area contributed by atoms with Gasteiger partial charge in [0.2, 0.25) is 0 Å². The highest BCUT2D eigenvalue weighted by Crippen LogP contribution is 2.16. The van der Waals surface area contributed by atoms with Crippen LogP contribution in [0, 0.1) is 0 Å². The van der Waals surface area contributed by atoms with Gasteiger partial charge in [-0.3, -0.25) is 15.6 Å². The van der Waals surface area contributed by atoms with Gasteiger partial charge in [-0.25, -0.2) is 0 Å². The smallest absolute Gasteiger partial charge is 0.262 e. The number of nitrogens with one attached hydrogen (secondary N) is 2. The van der Waals surface area contributed by atoms with Crippen LogP contribution in [0.3, 0.4) is 0 Å². The summed E-state index contributed by atoms with van der Waals surface area (Å²) in [7, 11) is 0. The zero-order valence-electron chi connectivity index (χ0n) is 6.37. The molecule has 3 nitrogen and oxygen atoms in total. The normalized spacial score (nSPS) is 14.2. The minimum absolute atomic E-state index is 0.133. The molecule has 60 valence electrons. The summed E-state index contributed by atoms with van der Waals surface area (Å²) in [6, 6.07) is 7.70. The average Bonchev–Trinajstić information content (AvgIpc) is 2.29. The van der Waals surface area contributed by atoms with Gasteiger partial charge in [0, 0.05) is 6.08 Å². The van der Waals surface area contributed by atoms with Crippen LogP contribution < -0.4 is 10.9 Å². The minimum Gasteiger partial charge on any atom is -0.298 e. The van der Waals surface area contributed by atoms with Crippen LogP contribution in [0.4, 0.5) is 5.69 Å². The van der Waals surface area contributed by atoms with Crippen LogP contribution in [0.1, 0.15) is 5.56 Å². The topological polar surface area (TPSA) is 41.1 Å². The lowest BCUT2D eigenvalue weighted by molar-refractivity contribution is -0.115. The van der Waals surface area contributed by atoms with E-state index in [1.165, 1.54) is 6.08 Å². The molecule has 1 aliphatic heterocycles. The summed E-state index contributed by atoms with van der Waals surface area (Å²) in [6.45, 7) is 0. The molecule has 0 fully saturated rings. The van der Waals surface area contributed by atoms with Crippen molar-refractivity contribution in [3.8, 4) is 0 Å². The molecule has 0 aliphatic carbocycles. The van der Waals surface area contributed by atoms with Crippen LogP contribution in [0.25, 0.3) is 6.08 Å². The van der Waals surface area contributed by atoms with Crippen LogP contribution in [-0.2, 0) is 4.79 Å². The van der Waals surface area contributed by atoms with Crippen molar-refractivity contribution >= 4 is 17.7 Å². The molecule has 0 aromatic heterocycles. The molecule has 1 aromatic carbocycles. The Morgan fingerprint density at radius 3 is 2.75 bits per heavy atom. The van der Waals surface area contributed by atoms with Crippen molar-refractivity contribution in [1.82, 2.24) is 5.43 Å². The van der Waals surface area contributed by atoms with E-state index in [1.807, 2.05) is 24.3 Å². The Balaban J connectivity index is 2.45. The standard InChI is InChI=1S/C9H8N2O/c12-9-6-5-7-3-1-2-4-8(7)10-11-9/h1-6,10H,(H,11,12). The van der Waals surface area contributed by atoms with Crippen molar-refractivity contribution in [1.29, 1.82) is 0 Å². The summed E-state index contributed by atoms with van der Waals surface area (Å²) in [5.41, 5.74) is 7.26. The predicted octanol–water partition coefficient (Wildman–Crippen LogP) is 1.16. The monoisotopic (exact) mass is 160 g/mol. The summed E-state index contributed by atoms with van der Waals surface area (Å²) in [5, 5.41) is 0. The molecule has 0 bridgehead atoms. The Labute approximate surface area is 70.1 Å². The zero-order valence-corrected chi connectivity index (χ0v) is 6.37. The third kappa shape index (κ3) is 1.16. The van der Waals surface area contributed by atoms with E-state index in [0.717, 1.165) is 11.3 Å². The number of anilines is 1. The van der Waals surface area contributed by atoms with E-state index in [1.54, 1.807) is 6.08 Å². The first-order valence-electron chi connectivity index (χ1n) is 3.69. The molecule has 0 atom stereocenters. The maximum absolute atomic E-state index is 10.9. The second-order valence-electron chi connectivity index (χ2n) is 2.53. The van der Waals surface area contributed by atoms with Crippen LogP contribution in [0.2, 0.25) is 0 Å². The molecular formula is C9H8N2O. The van der Waals surface area contributed by atoms with E-state index in [-0.39, 0.29) is 5.91 Å². The number of hydrogen-bond acceptors (Lipinski definition) is 2. The number of hydrazine groups is 1. The average molecular weight is 160 g/mol. The first kappa shape index (κ1) is 6.91. The van der Waals surface area contributed by atoms with Gasteiger partial charge in [0.15, 0.2) is 0 Å². The fourth-order valence-electron chi connectivity index (χ4n) is 1.09. The van der Waals surface area contributed by atoms with Gasteiger partial charge >= 0.3 is 0 Å². The molecule has 1 aliphatic rings. The first-order valence-corrected chi connectivity index (χ1v) is 3.69. The molecule has 2 rings (SSSR count). The summed E-state index contributed by atoms with van der Waals surface area (Å²) >= 11 is 0. The van der Waals surface area contributed by atoms with Crippen LogP contribution in [0.5, 0.6) is 0 Å². The molecule has 0 saturated heterocycles. The highest BCUT2D eigenvalue weighted by Gasteiger charge is 2.03. The lowest BCUT2D eigenvalue weighted by Crippen LogP contribution is -2.26. The Morgan fingerprint density at radius 1 is 1.00 bits per heavy atom. The molecule has 2 N–H and O–H groups in total. The highest BCUT2D eigenvalue weighted by molar-refractivity contribution is 5.95. The summed E-state index contributed by atoms with van der Waals surface area (Å²) in [4.78, 5) is 10.9. The highest BCUT2D eigenvalue weighted by atomic mass is 16.2. The third-order valence-corrected chi connectivity index (χ3v) is 1.70. The molecule has 0 saturated carbocycles. The minimum atomic E-state index is -0.133. The number of carbonyl (C=O) groups is 1. The van der Waals surface area contributed by atoms with Crippen LogP contribution >= 0.6 is 0 Å². The second kappa shape index (κ2) is 2.70. The fourth-order valence-corrected chi connectivity index (χ4v) is 1.09. The van der Waals surface area contributed by atoms with Crippen molar-refractivity contribution in [3.05, 3.63) is 35.9 Å².